The van der Waals surface area contributed by atoms with E-state index < -0.39 is 35.3 Å². The number of allylic oxidation sites excluding steroid dienone is 1. The summed E-state index contributed by atoms with van der Waals surface area (Å²) in [6.07, 6.45) is -11.0. The number of anilines is 1. The molecule has 1 aromatic heterocycles. The van der Waals surface area contributed by atoms with Gasteiger partial charge in [-0.2, -0.15) is 31.4 Å². The van der Waals surface area contributed by atoms with E-state index in [0.29, 0.717) is 0 Å². The summed E-state index contributed by atoms with van der Waals surface area (Å²) in [4.78, 5) is 0. The predicted octanol–water partition coefficient (Wildman–Crippen LogP) is 3.37. The fourth-order valence-corrected chi connectivity index (χ4v) is 1.33. The maximum atomic E-state index is 13.7. The van der Waals surface area contributed by atoms with Gasteiger partial charge in [0, 0.05) is 12.4 Å². The van der Waals surface area contributed by atoms with Crippen LogP contribution in [0.1, 0.15) is 12.6 Å². The van der Waals surface area contributed by atoms with Crippen LogP contribution in [0.3, 0.4) is 0 Å². The molecule has 12 heteroatoms. The van der Waals surface area contributed by atoms with Crippen LogP contribution in [0, 0.1) is 5.41 Å². The third-order valence-corrected chi connectivity index (χ3v) is 2.52. The van der Waals surface area contributed by atoms with E-state index in [-0.39, 0.29) is 5.57 Å². The average Bonchev–Trinajstić information content (AvgIpc) is 2.73. The van der Waals surface area contributed by atoms with Crippen molar-refractivity contribution in [3.8, 4) is 5.75 Å². The van der Waals surface area contributed by atoms with Crippen molar-refractivity contribution in [3.05, 3.63) is 17.5 Å². The summed E-state index contributed by atoms with van der Waals surface area (Å²) in [5, 5.41) is 22.5. The molecule has 22 heavy (non-hydrogen) atoms. The molecular formula is C10H9F7N4O. The topological polar surface area (TPSA) is 84.8 Å². The van der Waals surface area contributed by atoms with Crippen molar-refractivity contribution in [2.75, 3.05) is 5.32 Å². The van der Waals surface area contributed by atoms with E-state index in [1.54, 1.807) is 5.10 Å². The van der Waals surface area contributed by atoms with Crippen LogP contribution in [0.25, 0.3) is 0 Å². The Labute approximate surface area is 118 Å². The van der Waals surface area contributed by atoms with Gasteiger partial charge in [-0.1, -0.05) is 0 Å². The zero-order valence-electron chi connectivity index (χ0n) is 10.7. The number of nitrogens with one attached hydrogen (secondary N) is 3. The molecule has 124 valence electrons. The zero-order valence-corrected chi connectivity index (χ0v) is 10.7. The van der Waals surface area contributed by atoms with Crippen LogP contribution < -0.4 is 5.32 Å². The minimum atomic E-state index is -6.38. The quantitative estimate of drug-likeness (QED) is 0.503. The molecule has 0 bridgehead atoms. The van der Waals surface area contributed by atoms with Gasteiger partial charge in [0.05, 0.1) is 0 Å². The Morgan fingerprint density at radius 2 is 1.68 bits per heavy atom. The Morgan fingerprint density at radius 3 is 2.09 bits per heavy atom. The number of nitrogens with zero attached hydrogens (tertiary/aromatic N) is 1. The molecule has 0 unspecified atom stereocenters. The Hall–Kier alpha value is -2.27. The summed E-state index contributed by atoms with van der Waals surface area (Å²) in [6, 6.07) is 0. The molecule has 1 rings (SSSR count). The molecule has 1 aromatic rings. The van der Waals surface area contributed by atoms with Crippen LogP contribution >= 0.6 is 0 Å². The number of rotatable bonds is 4. The molecule has 0 aliphatic heterocycles. The number of hydrogen-bond donors (Lipinski definition) is 4. The lowest BCUT2D eigenvalue weighted by atomic mass is 10.00. The van der Waals surface area contributed by atoms with E-state index in [0.717, 1.165) is 12.4 Å². The highest BCUT2D eigenvalue weighted by Crippen LogP contribution is 2.55. The third-order valence-electron chi connectivity index (χ3n) is 2.52. The number of halogens is 7. The lowest BCUT2D eigenvalue weighted by Crippen LogP contribution is -2.50. The fourth-order valence-electron chi connectivity index (χ4n) is 1.33. The fraction of sp³-hybridized carbons (Fsp3) is 0.400. The van der Waals surface area contributed by atoms with E-state index in [1.807, 2.05) is 0 Å². The Kier molecular flexibility index (Phi) is 4.44. The molecule has 0 spiro atoms. The van der Waals surface area contributed by atoms with Gasteiger partial charge in [-0.3, -0.25) is 5.10 Å². The van der Waals surface area contributed by atoms with E-state index >= 15 is 0 Å². The number of aromatic nitrogens is 2. The molecule has 0 fully saturated rings. The maximum Gasteiger partial charge on any atom is 0.437 e. The minimum absolute atomic E-state index is 0.216. The molecule has 0 saturated carbocycles. The van der Waals surface area contributed by atoms with Crippen LogP contribution in [-0.4, -0.2) is 33.9 Å². The molecule has 0 saturated heterocycles. The second kappa shape index (κ2) is 5.50. The first-order chi connectivity index (χ1) is 9.86. The van der Waals surface area contributed by atoms with Crippen molar-refractivity contribution >= 4 is 12.0 Å². The van der Waals surface area contributed by atoms with Gasteiger partial charge < -0.3 is 15.8 Å². The highest BCUT2D eigenvalue weighted by molar-refractivity contribution is 5.75. The van der Waals surface area contributed by atoms with Crippen LogP contribution in [0.2, 0.25) is 0 Å². The number of hydrogen-bond acceptors (Lipinski definition) is 4. The van der Waals surface area contributed by atoms with Crippen LogP contribution in [-0.2, 0) is 5.67 Å². The first-order valence-corrected chi connectivity index (χ1v) is 5.40. The molecular weight excluding hydrogens is 325 g/mol. The molecule has 0 radical (unpaired) electrons. The maximum absolute atomic E-state index is 13.7. The lowest BCUT2D eigenvalue weighted by Gasteiger charge is -2.28. The van der Waals surface area contributed by atoms with Crippen molar-refractivity contribution in [1.29, 1.82) is 5.41 Å². The van der Waals surface area contributed by atoms with E-state index in [9.17, 15) is 35.8 Å². The van der Waals surface area contributed by atoms with Crippen molar-refractivity contribution in [3.63, 3.8) is 0 Å². The minimum Gasteiger partial charge on any atom is -0.503 e. The summed E-state index contributed by atoms with van der Waals surface area (Å²) in [6.45, 7) is 1.37. The SMILES string of the molecule is C/C(C=N)=C/Nc1[nH]nc(C(F)(C(F)(F)F)C(F)(F)F)c1O. The second-order valence-corrected chi connectivity index (χ2v) is 4.13. The van der Waals surface area contributed by atoms with Crippen molar-refractivity contribution in [2.24, 2.45) is 0 Å². The van der Waals surface area contributed by atoms with Crippen LogP contribution in [0.5, 0.6) is 5.75 Å². The van der Waals surface area contributed by atoms with Gasteiger partial charge in [-0.25, -0.2) is 4.39 Å². The number of aromatic hydroxyl groups is 1. The summed E-state index contributed by atoms with van der Waals surface area (Å²) >= 11 is 0. The van der Waals surface area contributed by atoms with Gasteiger partial charge in [0.2, 0.25) is 0 Å². The van der Waals surface area contributed by atoms with Gasteiger partial charge in [0.15, 0.2) is 17.3 Å². The number of aromatic amines is 1. The van der Waals surface area contributed by atoms with Gasteiger partial charge in [0.25, 0.3) is 0 Å². The monoisotopic (exact) mass is 334 g/mol. The third kappa shape index (κ3) is 2.85. The molecule has 0 aliphatic rings. The van der Waals surface area contributed by atoms with Crippen LogP contribution in [0.15, 0.2) is 11.8 Å². The molecule has 0 atom stereocenters. The summed E-state index contributed by atoms with van der Waals surface area (Å²) in [7, 11) is 0. The highest BCUT2D eigenvalue weighted by Gasteiger charge is 2.76. The Morgan fingerprint density at radius 1 is 1.18 bits per heavy atom. The largest absolute Gasteiger partial charge is 0.503 e. The number of alkyl halides is 7. The van der Waals surface area contributed by atoms with Crippen molar-refractivity contribution in [2.45, 2.75) is 24.9 Å². The van der Waals surface area contributed by atoms with E-state index in [4.69, 9.17) is 5.41 Å². The normalized spacial score (nSPS) is 14.1. The zero-order chi connectivity index (χ0) is 17.3. The first kappa shape index (κ1) is 17.8. The molecule has 1 heterocycles. The molecule has 0 amide bonds. The summed E-state index contributed by atoms with van der Waals surface area (Å²) in [5.74, 6) is -2.46. The first-order valence-electron chi connectivity index (χ1n) is 5.40. The van der Waals surface area contributed by atoms with Crippen molar-refractivity contribution < 1.29 is 35.8 Å². The van der Waals surface area contributed by atoms with Crippen molar-refractivity contribution in [1.82, 2.24) is 10.2 Å². The Bertz CT molecular complexity index is 573. The summed E-state index contributed by atoms with van der Waals surface area (Å²) in [5.41, 5.74) is -7.87. The summed E-state index contributed by atoms with van der Waals surface area (Å²) < 4.78 is 88.8. The average molecular weight is 334 g/mol. The molecule has 0 aromatic carbocycles. The molecule has 4 N–H and O–H groups in total. The van der Waals surface area contributed by atoms with Gasteiger partial charge >= 0.3 is 18.0 Å². The van der Waals surface area contributed by atoms with Gasteiger partial charge in [-0.15, -0.1) is 0 Å². The Balaban J connectivity index is 3.37. The van der Waals surface area contributed by atoms with E-state index in [2.05, 4.69) is 10.4 Å². The second-order valence-electron chi connectivity index (χ2n) is 4.13. The predicted molar refractivity (Wildman–Crippen MR) is 61.3 cm³/mol. The molecule has 5 nitrogen and oxygen atoms in total. The highest BCUT2D eigenvalue weighted by atomic mass is 19.4. The van der Waals surface area contributed by atoms with Crippen LogP contribution in [0.4, 0.5) is 36.6 Å². The van der Waals surface area contributed by atoms with Gasteiger partial charge in [0.1, 0.15) is 0 Å². The van der Waals surface area contributed by atoms with E-state index in [1.165, 1.54) is 6.92 Å². The molecule has 0 aliphatic carbocycles. The number of H-pyrrole nitrogens is 1. The smallest absolute Gasteiger partial charge is 0.437 e. The standard InChI is InChI=1S/C10H9F7N4O/c1-4(2-18)3-19-7-5(22)6(20-21-7)8(11,9(12,13)14)10(15,16)17/h2-3,18,22H,1H3,(H2,19,20,21)/b4-3-,18-2?. The lowest BCUT2D eigenvalue weighted by molar-refractivity contribution is -0.350. The van der Waals surface area contributed by atoms with Gasteiger partial charge in [-0.05, 0) is 12.5 Å².